The van der Waals surface area contributed by atoms with Crippen LogP contribution in [-0.2, 0) is 13.2 Å². The average Bonchev–Trinajstić information content (AvgIpc) is 2.66. The van der Waals surface area contributed by atoms with Crippen molar-refractivity contribution in [1.29, 1.82) is 0 Å². The summed E-state index contributed by atoms with van der Waals surface area (Å²) >= 11 is 7.18. The minimum atomic E-state index is -4.39. The lowest BCUT2D eigenvalue weighted by Gasteiger charge is -2.07. The second kappa shape index (κ2) is 4.78. The Labute approximate surface area is 110 Å². The minimum absolute atomic E-state index is 0.0155. The number of alkyl halides is 3. The molecule has 1 aromatic heterocycles. The van der Waals surface area contributed by atoms with Gasteiger partial charge in [-0.25, -0.2) is 4.99 Å². The molecule has 1 heterocycles. The summed E-state index contributed by atoms with van der Waals surface area (Å²) in [6, 6.07) is 3.12. The number of hydrogen-bond acceptors (Lipinski definition) is 2. The Morgan fingerprint density at radius 2 is 2.06 bits per heavy atom. The van der Waals surface area contributed by atoms with Crippen LogP contribution >= 0.6 is 22.9 Å². The maximum atomic E-state index is 12.4. The topological polar surface area (TPSA) is 17.3 Å². The summed E-state index contributed by atoms with van der Waals surface area (Å²) in [7, 11) is 1.80. The summed E-state index contributed by atoms with van der Waals surface area (Å²) in [6.45, 7) is 0. The van der Waals surface area contributed by atoms with Gasteiger partial charge in [-0.3, -0.25) is 0 Å². The van der Waals surface area contributed by atoms with Crippen molar-refractivity contribution in [3.05, 3.63) is 45.2 Å². The van der Waals surface area contributed by atoms with E-state index in [-0.39, 0.29) is 5.02 Å². The highest BCUT2D eigenvalue weighted by Crippen LogP contribution is 2.34. The lowest BCUT2D eigenvalue weighted by atomic mass is 10.2. The molecule has 0 unspecified atom stereocenters. The molecule has 96 valence electrons. The molecule has 0 saturated heterocycles. The molecule has 0 fully saturated rings. The third kappa shape index (κ3) is 2.76. The van der Waals surface area contributed by atoms with Crippen molar-refractivity contribution in [2.24, 2.45) is 12.0 Å². The van der Waals surface area contributed by atoms with E-state index in [2.05, 4.69) is 4.99 Å². The molecule has 0 saturated carbocycles. The fraction of sp³-hybridized carbons (Fsp3) is 0.182. The van der Waals surface area contributed by atoms with Crippen molar-refractivity contribution in [1.82, 2.24) is 4.57 Å². The summed E-state index contributed by atoms with van der Waals surface area (Å²) in [5, 5.41) is 1.81. The number of benzene rings is 1. The molecular weight excluding hydrogens is 285 g/mol. The van der Waals surface area contributed by atoms with Gasteiger partial charge in [-0.1, -0.05) is 11.6 Å². The monoisotopic (exact) mass is 292 g/mol. The van der Waals surface area contributed by atoms with E-state index in [1.807, 2.05) is 11.6 Å². The lowest BCUT2D eigenvalue weighted by molar-refractivity contribution is -0.137. The highest BCUT2D eigenvalue weighted by molar-refractivity contribution is 7.07. The SMILES string of the molecule is Cn1ccsc1=Nc1ccc(C(F)(F)F)cc1Cl. The molecule has 2 aromatic rings. The predicted molar refractivity (Wildman–Crippen MR) is 65.0 cm³/mol. The van der Waals surface area contributed by atoms with Crippen LogP contribution in [0.5, 0.6) is 0 Å². The van der Waals surface area contributed by atoms with Gasteiger partial charge in [-0.05, 0) is 18.2 Å². The van der Waals surface area contributed by atoms with Crippen LogP contribution in [0.4, 0.5) is 18.9 Å². The Kier molecular flexibility index (Phi) is 3.49. The van der Waals surface area contributed by atoms with Crippen LogP contribution in [0.2, 0.25) is 5.02 Å². The van der Waals surface area contributed by atoms with Crippen molar-refractivity contribution >= 4 is 28.6 Å². The first kappa shape index (κ1) is 13.2. The maximum Gasteiger partial charge on any atom is 0.416 e. The number of hydrogen-bond donors (Lipinski definition) is 0. The van der Waals surface area contributed by atoms with Gasteiger partial charge in [0.25, 0.3) is 0 Å². The van der Waals surface area contributed by atoms with Gasteiger partial charge in [-0.15, -0.1) is 11.3 Å². The minimum Gasteiger partial charge on any atom is -0.327 e. The number of aromatic nitrogens is 1. The first-order valence-electron chi connectivity index (χ1n) is 4.89. The van der Waals surface area contributed by atoms with Gasteiger partial charge >= 0.3 is 6.18 Å². The van der Waals surface area contributed by atoms with Crippen molar-refractivity contribution in [2.75, 3.05) is 0 Å². The van der Waals surface area contributed by atoms with Crippen LogP contribution in [0.3, 0.4) is 0 Å². The van der Waals surface area contributed by atoms with Crippen LogP contribution in [-0.4, -0.2) is 4.57 Å². The number of aryl methyl sites for hydroxylation is 1. The van der Waals surface area contributed by atoms with Crippen molar-refractivity contribution < 1.29 is 13.2 Å². The largest absolute Gasteiger partial charge is 0.416 e. The predicted octanol–water partition coefficient (Wildman–Crippen LogP) is 3.99. The van der Waals surface area contributed by atoms with Crippen LogP contribution in [0, 0.1) is 0 Å². The highest BCUT2D eigenvalue weighted by atomic mass is 35.5. The summed E-state index contributed by atoms with van der Waals surface area (Å²) in [4.78, 5) is 4.87. The molecule has 2 nitrogen and oxygen atoms in total. The van der Waals surface area contributed by atoms with Gasteiger partial charge in [0.1, 0.15) is 0 Å². The van der Waals surface area contributed by atoms with Crippen LogP contribution in [0.15, 0.2) is 34.8 Å². The Balaban J connectivity index is 2.47. The number of halogens is 4. The number of nitrogens with zero attached hydrogens (tertiary/aromatic N) is 2. The van der Waals surface area contributed by atoms with Gasteiger partial charge in [0, 0.05) is 18.6 Å². The number of thiazole rings is 1. The Morgan fingerprint density at radius 3 is 2.56 bits per heavy atom. The highest BCUT2D eigenvalue weighted by Gasteiger charge is 2.30. The standard InChI is InChI=1S/C11H8ClF3N2S/c1-17-4-5-18-10(17)16-9-3-2-7(6-8(9)12)11(13,14)15/h2-6H,1H3. The molecule has 2 rings (SSSR count). The molecule has 0 aliphatic heterocycles. The van der Waals surface area contributed by atoms with E-state index in [1.54, 1.807) is 11.6 Å². The van der Waals surface area contributed by atoms with Gasteiger partial charge in [0.05, 0.1) is 16.3 Å². The van der Waals surface area contributed by atoms with E-state index in [9.17, 15) is 13.2 Å². The Bertz CT molecular complexity index is 628. The van der Waals surface area contributed by atoms with Crippen molar-refractivity contribution in [3.8, 4) is 0 Å². The Morgan fingerprint density at radius 1 is 1.33 bits per heavy atom. The fourth-order valence-corrected chi connectivity index (χ4v) is 2.28. The second-order valence-electron chi connectivity index (χ2n) is 3.57. The summed E-state index contributed by atoms with van der Waals surface area (Å²) in [5.41, 5.74) is -0.454. The zero-order valence-electron chi connectivity index (χ0n) is 9.20. The molecule has 0 radical (unpaired) electrons. The summed E-state index contributed by atoms with van der Waals surface area (Å²) in [5.74, 6) is 0. The molecule has 0 spiro atoms. The van der Waals surface area contributed by atoms with Crippen LogP contribution in [0.1, 0.15) is 5.56 Å². The fourth-order valence-electron chi connectivity index (χ4n) is 1.31. The zero-order valence-corrected chi connectivity index (χ0v) is 10.8. The van der Waals surface area contributed by atoms with E-state index in [1.165, 1.54) is 17.4 Å². The van der Waals surface area contributed by atoms with E-state index in [0.717, 1.165) is 12.1 Å². The van der Waals surface area contributed by atoms with Gasteiger partial charge in [0.2, 0.25) is 0 Å². The maximum absolute atomic E-state index is 12.4. The van der Waals surface area contributed by atoms with E-state index < -0.39 is 11.7 Å². The van der Waals surface area contributed by atoms with Gasteiger partial charge < -0.3 is 4.57 Å². The Hall–Kier alpha value is -1.27. The van der Waals surface area contributed by atoms with Crippen molar-refractivity contribution in [2.45, 2.75) is 6.18 Å². The quantitative estimate of drug-likeness (QED) is 0.756. The van der Waals surface area contributed by atoms with Gasteiger partial charge in [-0.2, -0.15) is 13.2 Å². The summed E-state index contributed by atoms with van der Waals surface area (Å²) in [6.07, 6.45) is -2.59. The smallest absolute Gasteiger partial charge is 0.327 e. The van der Waals surface area contributed by atoms with Crippen molar-refractivity contribution in [3.63, 3.8) is 0 Å². The molecule has 18 heavy (non-hydrogen) atoms. The molecule has 0 aliphatic carbocycles. The molecule has 0 atom stereocenters. The lowest BCUT2D eigenvalue weighted by Crippen LogP contribution is -2.08. The first-order chi connectivity index (χ1) is 8.38. The van der Waals surface area contributed by atoms with E-state index >= 15 is 0 Å². The molecule has 0 N–H and O–H groups in total. The third-order valence-corrected chi connectivity index (χ3v) is 3.40. The molecule has 0 aliphatic rings. The second-order valence-corrected chi connectivity index (χ2v) is 4.85. The number of rotatable bonds is 1. The zero-order chi connectivity index (χ0) is 13.3. The molecular formula is C11H8ClF3N2S. The molecule has 0 bridgehead atoms. The molecule has 0 amide bonds. The van der Waals surface area contributed by atoms with Crippen LogP contribution in [0.25, 0.3) is 0 Å². The summed E-state index contributed by atoms with van der Waals surface area (Å²) < 4.78 is 39.1. The van der Waals surface area contributed by atoms with Crippen LogP contribution < -0.4 is 4.80 Å². The van der Waals surface area contributed by atoms with E-state index in [4.69, 9.17) is 11.6 Å². The molecule has 7 heteroatoms. The van der Waals surface area contributed by atoms with Gasteiger partial charge in [0.15, 0.2) is 4.80 Å². The normalized spacial score (nSPS) is 13.1. The van der Waals surface area contributed by atoms with E-state index in [0.29, 0.717) is 10.5 Å². The molecule has 1 aromatic carbocycles. The average molecular weight is 293 g/mol. The third-order valence-electron chi connectivity index (χ3n) is 2.25. The first-order valence-corrected chi connectivity index (χ1v) is 6.15.